The molecule has 5 nitrogen and oxygen atoms in total. The smallest absolute Gasteiger partial charge is 0.255 e. The maximum Gasteiger partial charge on any atom is 0.255 e. The lowest BCUT2D eigenvalue weighted by atomic mass is 9.87. The number of aliphatic hydroxyl groups is 1. The molecule has 0 unspecified atom stereocenters. The molecule has 0 aliphatic carbocycles. The Balaban J connectivity index is 1.49. The monoisotopic (exact) mass is 351 g/mol. The Kier molecular flexibility index (Phi) is 4.64. The number of piperidine rings is 1. The van der Waals surface area contributed by atoms with Gasteiger partial charge in [-0.05, 0) is 49.9 Å². The summed E-state index contributed by atoms with van der Waals surface area (Å²) in [5.41, 5.74) is 1.58. The number of carbonyl (C=O) groups is 1. The fourth-order valence-corrected chi connectivity index (χ4v) is 4.03. The van der Waals surface area contributed by atoms with Crippen LogP contribution in [0, 0.1) is 0 Å². The second-order valence-corrected chi connectivity index (χ2v) is 7.25. The summed E-state index contributed by atoms with van der Waals surface area (Å²) in [7, 11) is 0. The van der Waals surface area contributed by atoms with Gasteiger partial charge in [-0.1, -0.05) is 18.2 Å². The second kappa shape index (κ2) is 7.08. The molecule has 0 radical (unpaired) electrons. The normalized spacial score (nSPS) is 19.6. The van der Waals surface area contributed by atoms with Crippen LogP contribution in [-0.2, 0) is 5.60 Å². The topological polar surface area (TPSA) is 56.7 Å². The first-order valence-corrected chi connectivity index (χ1v) is 9.44. The Bertz CT molecular complexity index is 764. The lowest BCUT2D eigenvalue weighted by Gasteiger charge is -2.38. The number of likely N-dealkylation sites (tertiary alicyclic amines) is 1. The minimum absolute atomic E-state index is 0.0653. The van der Waals surface area contributed by atoms with E-state index in [9.17, 15) is 9.90 Å². The van der Waals surface area contributed by atoms with Crippen molar-refractivity contribution in [3.05, 3.63) is 59.9 Å². The minimum atomic E-state index is -0.938. The van der Waals surface area contributed by atoms with Crippen molar-refractivity contribution in [2.75, 3.05) is 31.1 Å². The van der Waals surface area contributed by atoms with Gasteiger partial charge in [-0.3, -0.25) is 9.78 Å². The lowest BCUT2D eigenvalue weighted by molar-refractivity contribution is -0.0244. The van der Waals surface area contributed by atoms with Crippen molar-refractivity contribution < 1.29 is 9.90 Å². The van der Waals surface area contributed by atoms with Crippen molar-refractivity contribution in [3.8, 4) is 0 Å². The van der Waals surface area contributed by atoms with E-state index >= 15 is 0 Å². The number of hydrogen-bond donors (Lipinski definition) is 1. The van der Waals surface area contributed by atoms with E-state index in [0.29, 0.717) is 31.6 Å². The van der Waals surface area contributed by atoms with Crippen LogP contribution in [0.2, 0.25) is 0 Å². The van der Waals surface area contributed by atoms with E-state index < -0.39 is 5.60 Å². The molecule has 5 heteroatoms. The Morgan fingerprint density at radius 1 is 0.962 bits per heavy atom. The summed E-state index contributed by atoms with van der Waals surface area (Å²) in [4.78, 5) is 21.6. The number of anilines is 1. The standard InChI is InChI=1S/C21H25N3O2/c25-20(17-7-1-2-8-18(17)23-13-5-6-14-23)24-15-10-21(26,11-16-24)19-9-3-4-12-22-19/h1-4,7-9,12,26H,5-6,10-11,13-16H2. The number of pyridine rings is 1. The predicted octanol–water partition coefficient (Wildman–Crippen LogP) is 2.81. The van der Waals surface area contributed by atoms with Crippen LogP contribution in [0.3, 0.4) is 0 Å². The van der Waals surface area contributed by atoms with Gasteiger partial charge >= 0.3 is 0 Å². The molecule has 3 heterocycles. The van der Waals surface area contributed by atoms with Gasteiger partial charge in [0.1, 0.15) is 5.60 Å². The number of aromatic nitrogens is 1. The van der Waals surface area contributed by atoms with Gasteiger partial charge < -0.3 is 14.9 Å². The Morgan fingerprint density at radius 2 is 1.65 bits per heavy atom. The number of amides is 1. The van der Waals surface area contributed by atoms with E-state index in [1.165, 1.54) is 12.8 Å². The number of benzene rings is 1. The molecular formula is C21H25N3O2. The highest BCUT2D eigenvalue weighted by molar-refractivity contribution is 6.00. The van der Waals surface area contributed by atoms with Crippen LogP contribution in [-0.4, -0.2) is 47.1 Å². The summed E-state index contributed by atoms with van der Waals surface area (Å²) in [6, 6.07) is 13.5. The number of rotatable bonds is 3. The van der Waals surface area contributed by atoms with Crippen LogP contribution in [0.5, 0.6) is 0 Å². The molecule has 0 bridgehead atoms. The fraction of sp³-hybridized carbons (Fsp3) is 0.429. The molecule has 26 heavy (non-hydrogen) atoms. The molecule has 0 saturated carbocycles. The van der Waals surface area contributed by atoms with Crippen molar-refractivity contribution in [1.29, 1.82) is 0 Å². The molecular weight excluding hydrogens is 326 g/mol. The number of carbonyl (C=O) groups excluding carboxylic acids is 1. The van der Waals surface area contributed by atoms with Gasteiger partial charge in [0.25, 0.3) is 5.91 Å². The van der Waals surface area contributed by atoms with E-state index in [2.05, 4.69) is 9.88 Å². The summed E-state index contributed by atoms with van der Waals surface area (Å²) in [6.07, 6.45) is 5.10. The molecule has 136 valence electrons. The quantitative estimate of drug-likeness (QED) is 0.924. The molecule has 1 N–H and O–H groups in total. The van der Waals surface area contributed by atoms with Gasteiger partial charge in [0.2, 0.25) is 0 Å². The summed E-state index contributed by atoms with van der Waals surface area (Å²) < 4.78 is 0. The van der Waals surface area contributed by atoms with Gasteiger partial charge in [-0.15, -0.1) is 0 Å². The second-order valence-electron chi connectivity index (χ2n) is 7.25. The van der Waals surface area contributed by atoms with Crippen molar-refractivity contribution in [3.63, 3.8) is 0 Å². The molecule has 0 spiro atoms. The molecule has 2 fully saturated rings. The average Bonchev–Trinajstić information content (AvgIpc) is 3.23. The number of para-hydroxylation sites is 1. The average molecular weight is 351 g/mol. The third-order valence-electron chi connectivity index (χ3n) is 5.60. The van der Waals surface area contributed by atoms with Gasteiger partial charge in [0.05, 0.1) is 11.3 Å². The SMILES string of the molecule is O=C(c1ccccc1N1CCCC1)N1CCC(O)(c2ccccn2)CC1. The highest BCUT2D eigenvalue weighted by Gasteiger charge is 2.37. The van der Waals surface area contributed by atoms with E-state index in [0.717, 1.165) is 24.3 Å². The molecule has 4 rings (SSSR count). The van der Waals surface area contributed by atoms with Gasteiger partial charge in [-0.2, -0.15) is 0 Å². The molecule has 2 aliphatic rings. The van der Waals surface area contributed by atoms with Crippen molar-refractivity contribution >= 4 is 11.6 Å². The fourth-order valence-electron chi connectivity index (χ4n) is 4.03. The predicted molar refractivity (Wildman–Crippen MR) is 101 cm³/mol. The number of hydrogen-bond acceptors (Lipinski definition) is 4. The maximum atomic E-state index is 13.1. The Labute approximate surface area is 154 Å². The summed E-state index contributed by atoms with van der Waals surface area (Å²) in [5, 5.41) is 10.9. The van der Waals surface area contributed by atoms with Crippen LogP contribution in [0.4, 0.5) is 5.69 Å². The Morgan fingerprint density at radius 3 is 2.35 bits per heavy atom. The minimum Gasteiger partial charge on any atom is -0.383 e. The molecule has 1 aromatic heterocycles. The summed E-state index contributed by atoms with van der Waals surface area (Å²) in [5.74, 6) is 0.0653. The van der Waals surface area contributed by atoms with E-state index in [4.69, 9.17) is 0 Å². The zero-order valence-corrected chi connectivity index (χ0v) is 15.0. The maximum absolute atomic E-state index is 13.1. The number of nitrogens with zero attached hydrogens (tertiary/aromatic N) is 3. The third-order valence-corrected chi connectivity index (χ3v) is 5.60. The molecule has 0 atom stereocenters. The van der Waals surface area contributed by atoms with E-state index in [-0.39, 0.29) is 5.91 Å². The van der Waals surface area contributed by atoms with Crippen LogP contribution in [0.15, 0.2) is 48.7 Å². The highest BCUT2D eigenvalue weighted by atomic mass is 16.3. The van der Waals surface area contributed by atoms with Crippen molar-refractivity contribution in [2.45, 2.75) is 31.3 Å². The largest absolute Gasteiger partial charge is 0.383 e. The van der Waals surface area contributed by atoms with E-state index in [1.54, 1.807) is 6.20 Å². The molecule has 1 aromatic carbocycles. The summed E-state index contributed by atoms with van der Waals surface area (Å²) in [6.45, 7) is 3.12. The molecule has 2 aliphatic heterocycles. The van der Waals surface area contributed by atoms with Crippen LogP contribution in [0.1, 0.15) is 41.7 Å². The Hall–Kier alpha value is -2.40. The first-order valence-electron chi connectivity index (χ1n) is 9.44. The molecule has 1 amide bonds. The van der Waals surface area contributed by atoms with Crippen LogP contribution in [0.25, 0.3) is 0 Å². The summed E-state index contributed by atoms with van der Waals surface area (Å²) >= 11 is 0. The first kappa shape index (κ1) is 17.0. The zero-order valence-electron chi connectivity index (χ0n) is 15.0. The molecule has 2 saturated heterocycles. The lowest BCUT2D eigenvalue weighted by Crippen LogP contribution is -2.45. The van der Waals surface area contributed by atoms with E-state index in [1.807, 2.05) is 47.4 Å². The molecule has 2 aromatic rings. The third kappa shape index (κ3) is 3.19. The highest BCUT2D eigenvalue weighted by Crippen LogP contribution is 2.33. The van der Waals surface area contributed by atoms with Crippen LogP contribution >= 0.6 is 0 Å². The van der Waals surface area contributed by atoms with Crippen molar-refractivity contribution in [2.24, 2.45) is 0 Å². The zero-order chi connectivity index (χ0) is 18.0. The van der Waals surface area contributed by atoms with Crippen LogP contribution < -0.4 is 4.90 Å². The van der Waals surface area contributed by atoms with Crippen molar-refractivity contribution in [1.82, 2.24) is 9.88 Å². The van der Waals surface area contributed by atoms with Gasteiger partial charge in [0.15, 0.2) is 0 Å². The van der Waals surface area contributed by atoms with Gasteiger partial charge in [0, 0.05) is 38.1 Å². The van der Waals surface area contributed by atoms with Gasteiger partial charge in [-0.25, -0.2) is 0 Å². The first-order chi connectivity index (χ1) is 12.7.